The van der Waals surface area contributed by atoms with Crippen molar-refractivity contribution in [3.05, 3.63) is 179 Å². The molecule has 0 saturated heterocycles. The third-order valence-corrected chi connectivity index (χ3v) is 10.1. The zero-order valence-corrected chi connectivity index (χ0v) is 26.5. The standard InChI is InChI=1S/C43H38N2/c1-42(2)34-13-5-9-17-38(34)44(39-18-10-6-14-35(39)42)32-25-21-30(22-26-32)29-31-23-27-33(28-24-31)45-40-19-11-7-15-36(40)43(3,4)37-16-8-12-20-41(37)45/h5-28H,29H2,1-4H3. The van der Waals surface area contributed by atoms with E-state index in [4.69, 9.17) is 0 Å². The lowest BCUT2D eigenvalue weighted by atomic mass is 9.73. The van der Waals surface area contributed by atoms with Crippen molar-refractivity contribution in [3.63, 3.8) is 0 Å². The Balaban J connectivity index is 1.09. The summed E-state index contributed by atoms with van der Waals surface area (Å²) >= 11 is 0. The molecule has 45 heavy (non-hydrogen) atoms. The maximum atomic E-state index is 2.42. The van der Waals surface area contributed by atoms with Gasteiger partial charge in [-0.15, -0.1) is 0 Å². The van der Waals surface area contributed by atoms with Gasteiger partial charge < -0.3 is 9.80 Å². The van der Waals surface area contributed by atoms with E-state index in [0.29, 0.717) is 0 Å². The third kappa shape index (κ3) is 4.31. The van der Waals surface area contributed by atoms with Crippen LogP contribution in [-0.4, -0.2) is 0 Å². The minimum atomic E-state index is -0.0512. The largest absolute Gasteiger partial charge is 0.310 e. The molecule has 0 radical (unpaired) electrons. The Hall–Kier alpha value is -5.08. The number of anilines is 6. The van der Waals surface area contributed by atoms with Gasteiger partial charge in [-0.3, -0.25) is 0 Å². The molecule has 0 saturated carbocycles. The first-order valence-corrected chi connectivity index (χ1v) is 16.0. The lowest BCUT2D eigenvalue weighted by Gasteiger charge is -2.42. The Labute approximate surface area is 267 Å². The zero-order chi connectivity index (χ0) is 30.8. The van der Waals surface area contributed by atoms with Gasteiger partial charge in [0.2, 0.25) is 0 Å². The van der Waals surface area contributed by atoms with Crippen LogP contribution in [0.2, 0.25) is 0 Å². The first-order valence-electron chi connectivity index (χ1n) is 16.0. The van der Waals surface area contributed by atoms with E-state index in [1.54, 1.807) is 0 Å². The second-order valence-electron chi connectivity index (χ2n) is 13.5. The summed E-state index contributed by atoms with van der Waals surface area (Å²) in [6.45, 7) is 9.33. The molecular weight excluding hydrogens is 544 g/mol. The van der Waals surface area contributed by atoms with Gasteiger partial charge >= 0.3 is 0 Å². The number of benzene rings is 6. The minimum Gasteiger partial charge on any atom is -0.310 e. The lowest BCUT2D eigenvalue weighted by Crippen LogP contribution is -2.30. The van der Waals surface area contributed by atoms with Gasteiger partial charge in [-0.05, 0) is 88.3 Å². The Bertz CT molecular complexity index is 1790. The van der Waals surface area contributed by atoms with Crippen LogP contribution in [0, 0.1) is 0 Å². The Morgan fingerprint density at radius 2 is 0.622 bits per heavy atom. The molecular formula is C43H38N2. The average Bonchev–Trinajstić information content (AvgIpc) is 3.07. The van der Waals surface area contributed by atoms with Gasteiger partial charge in [0, 0.05) is 22.2 Å². The summed E-state index contributed by atoms with van der Waals surface area (Å²) in [5, 5.41) is 0. The van der Waals surface area contributed by atoms with Gasteiger partial charge in [0.1, 0.15) is 0 Å². The maximum absolute atomic E-state index is 2.42. The molecule has 0 spiro atoms. The fraction of sp³-hybridized carbons (Fsp3) is 0.163. The van der Waals surface area contributed by atoms with Gasteiger partial charge in [0.05, 0.1) is 22.7 Å². The van der Waals surface area contributed by atoms with E-state index >= 15 is 0 Å². The SMILES string of the molecule is CC1(C)c2ccccc2N(c2ccc(Cc3ccc(N4c5ccccc5C(C)(C)c5ccccc54)cc3)cc2)c2ccccc21. The molecule has 8 rings (SSSR count). The number of hydrogen-bond donors (Lipinski definition) is 0. The summed E-state index contributed by atoms with van der Waals surface area (Å²) in [6, 6.07) is 53.6. The molecule has 2 heterocycles. The quantitative estimate of drug-likeness (QED) is 0.204. The molecule has 6 aromatic rings. The van der Waals surface area contributed by atoms with Crippen LogP contribution in [-0.2, 0) is 17.3 Å². The van der Waals surface area contributed by atoms with Gasteiger partial charge in [0.25, 0.3) is 0 Å². The van der Waals surface area contributed by atoms with Gasteiger partial charge in [-0.25, -0.2) is 0 Å². The average molecular weight is 583 g/mol. The summed E-state index contributed by atoms with van der Waals surface area (Å²) in [6.07, 6.45) is 0.890. The molecule has 0 amide bonds. The molecule has 2 heteroatoms. The number of nitrogens with zero attached hydrogens (tertiary/aromatic N) is 2. The highest BCUT2D eigenvalue weighted by Crippen LogP contribution is 2.53. The topological polar surface area (TPSA) is 6.48 Å². The molecule has 0 N–H and O–H groups in total. The molecule has 0 atom stereocenters. The first kappa shape index (κ1) is 27.5. The van der Waals surface area contributed by atoms with Crippen LogP contribution >= 0.6 is 0 Å². The van der Waals surface area contributed by atoms with Crippen molar-refractivity contribution in [3.8, 4) is 0 Å². The van der Waals surface area contributed by atoms with Gasteiger partial charge in [0.15, 0.2) is 0 Å². The van der Waals surface area contributed by atoms with Crippen LogP contribution in [0.4, 0.5) is 34.1 Å². The summed E-state index contributed by atoms with van der Waals surface area (Å²) in [5.41, 5.74) is 15.3. The van der Waals surface area contributed by atoms with Crippen molar-refractivity contribution in [1.82, 2.24) is 0 Å². The number of hydrogen-bond acceptors (Lipinski definition) is 2. The van der Waals surface area contributed by atoms with Gasteiger partial charge in [-0.1, -0.05) is 125 Å². The molecule has 0 unspecified atom stereocenters. The number of fused-ring (bicyclic) bond motifs is 4. The van der Waals surface area contributed by atoms with E-state index in [-0.39, 0.29) is 10.8 Å². The predicted octanol–water partition coefficient (Wildman–Crippen LogP) is 11.5. The number of para-hydroxylation sites is 4. The van der Waals surface area contributed by atoms with Crippen molar-refractivity contribution < 1.29 is 0 Å². The Morgan fingerprint density at radius 1 is 0.356 bits per heavy atom. The summed E-state index contributed by atoms with van der Waals surface area (Å²) in [4.78, 5) is 4.84. The summed E-state index contributed by atoms with van der Waals surface area (Å²) in [7, 11) is 0. The summed E-state index contributed by atoms with van der Waals surface area (Å²) < 4.78 is 0. The van der Waals surface area contributed by atoms with Crippen LogP contribution in [0.1, 0.15) is 61.1 Å². The molecule has 2 aliphatic heterocycles. The second kappa shape index (κ2) is 10.2. The molecule has 2 aliphatic rings. The van der Waals surface area contributed by atoms with E-state index in [9.17, 15) is 0 Å². The van der Waals surface area contributed by atoms with Gasteiger partial charge in [-0.2, -0.15) is 0 Å². The van der Waals surface area contributed by atoms with Crippen LogP contribution in [0.25, 0.3) is 0 Å². The Morgan fingerprint density at radius 3 is 0.911 bits per heavy atom. The predicted molar refractivity (Wildman–Crippen MR) is 189 cm³/mol. The van der Waals surface area contributed by atoms with Crippen LogP contribution in [0.15, 0.2) is 146 Å². The highest BCUT2D eigenvalue weighted by molar-refractivity contribution is 5.87. The molecule has 2 nitrogen and oxygen atoms in total. The van der Waals surface area contributed by atoms with Crippen molar-refractivity contribution >= 4 is 34.1 Å². The molecule has 0 bridgehead atoms. The highest BCUT2D eigenvalue weighted by atomic mass is 15.2. The fourth-order valence-corrected chi connectivity index (χ4v) is 7.66. The van der Waals surface area contributed by atoms with Crippen LogP contribution in [0.5, 0.6) is 0 Å². The van der Waals surface area contributed by atoms with E-state index in [2.05, 4.69) is 183 Å². The van der Waals surface area contributed by atoms with Crippen LogP contribution < -0.4 is 9.80 Å². The smallest absolute Gasteiger partial charge is 0.0502 e. The fourth-order valence-electron chi connectivity index (χ4n) is 7.66. The molecule has 0 aromatic heterocycles. The first-order chi connectivity index (χ1) is 21.8. The van der Waals surface area contributed by atoms with Crippen molar-refractivity contribution in [2.45, 2.75) is 44.9 Å². The van der Waals surface area contributed by atoms with E-state index in [1.807, 2.05) is 0 Å². The minimum absolute atomic E-state index is 0.0512. The van der Waals surface area contributed by atoms with Crippen molar-refractivity contribution in [2.75, 3.05) is 9.80 Å². The maximum Gasteiger partial charge on any atom is 0.0502 e. The summed E-state index contributed by atoms with van der Waals surface area (Å²) in [5.74, 6) is 0. The van der Waals surface area contributed by atoms with E-state index < -0.39 is 0 Å². The molecule has 0 aliphatic carbocycles. The second-order valence-corrected chi connectivity index (χ2v) is 13.5. The number of rotatable bonds is 4. The third-order valence-electron chi connectivity index (χ3n) is 10.1. The molecule has 220 valence electrons. The zero-order valence-electron chi connectivity index (χ0n) is 26.5. The van der Waals surface area contributed by atoms with Crippen molar-refractivity contribution in [1.29, 1.82) is 0 Å². The lowest BCUT2D eigenvalue weighted by molar-refractivity contribution is 0.632. The Kier molecular flexibility index (Phi) is 6.25. The van der Waals surface area contributed by atoms with Crippen molar-refractivity contribution in [2.24, 2.45) is 0 Å². The highest BCUT2D eigenvalue weighted by Gasteiger charge is 2.37. The van der Waals surface area contributed by atoms with E-state index in [0.717, 1.165) is 6.42 Å². The molecule has 0 fully saturated rings. The van der Waals surface area contributed by atoms with E-state index in [1.165, 1.54) is 67.5 Å². The monoisotopic (exact) mass is 582 g/mol. The van der Waals surface area contributed by atoms with Crippen LogP contribution in [0.3, 0.4) is 0 Å². The molecule has 6 aromatic carbocycles. The normalized spacial score (nSPS) is 15.5.